The number of aromatic nitrogens is 1. The highest BCUT2D eigenvalue weighted by molar-refractivity contribution is 7.09. The Kier molecular flexibility index (Phi) is 6.71. The molecule has 27 heavy (non-hydrogen) atoms. The average Bonchev–Trinajstić information content (AvgIpc) is 3.20. The number of aryl methyl sites for hydroxylation is 1. The van der Waals surface area contributed by atoms with Crippen LogP contribution >= 0.6 is 11.3 Å². The number of carbonyl (C=O) groups excluding carboxylic acids is 2. The first-order chi connectivity index (χ1) is 13.2. The van der Waals surface area contributed by atoms with Crippen molar-refractivity contribution in [3.63, 3.8) is 0 Å². The van der Waals surface area contributed by atoms with Gasteiger partial charge in [-0.15, -0.1) is 11.3 Å². The fourth-order valence-corrected chi connectivity index (χ4v) is 3.38. The summed E-state index contributed by atoms with van der Waals surface area (Å²) in [5.74, 6) is -0.230. The van der Waals surface area contributed by atoms with Crippen LogP contribution in [-0.2, 0) is 17.8 Å². The van der Waals surface area contributed by atoms with Crippen molar-refractivity contribution in [1.82, 2.24) is 10.3 Å². The van der Waals surface area contributed by atoms with Crippen LogP contribution in [0.1, 0.15) is 33.6 Å². The highest BCUT2D eigenvalue weighted by Crippen LogP contribution is 2.14. The molecule has 2 N–H and O–H groups in total. The molecule has 0 aliphatic heterocycles. The van der Waals surface area contributed by atoms with Crippen LogP contribution in [0.5, 0.6) is 0 Å². The van der Waals surface area contributed by atoms with E-state index >= 15 is 0 Å². The second-order valence-electron chi connectivity index (χ2n) is 6.11. The lowest BCUT2D eigenvalue weighted by Crippen LogP contribution is -2.23. The minimum atomic E-state index is -0.187. The van der Waals surface area contributed by atoms with Crippen LogP contribution in [0, 0.1) is 0 Å². The van der Waals surface area contributed by atoms with Gasteiger partial charge in [0.15, 0.2) is 0 Å². The molecule has 0 aliphatic carbocycles. The number of amides is 2. The Balaban J connectivity index is 1.48. The number of nitrogens with one attached hydrogen (secondary N) is 2. The smallest absolute Gasteiger partial charge is 0.251 e. The molecule has 138 valence electrons. The minimum Gasteiger partial charge on any atom is -0.348 e. The molecular formula is C21H21N3O2S. The van der Waals surface area contributed by atoms with Crippen molar-refractivity contribution in [1.29, 1.82) is 0 Å². The van der Waals surface area contributed by atoms with Gasteiger partial charge in [0.25, 0.3) is 5.91 Å². The van der Waals surface area contributed by atoms with Crippen molar-refractivity contribution < 1.29 is 9.59 Å². The molecular weight excluding hydrogens is 358 g/mol. The van der Waals surface area contributed by atoms with Gasteiger partial charge in [0.1, 0.15) is 0 Å². The molecule has 0 aliphatic rings. The first-order valence-electron chi connectivity index (χ1n) is 8.80. The Morgan fingerprint density at radius 2 is 2.00 bits per heavy atom. The summed E-state index contributed by atoms with van der Waals surface area (Å²) in [5.41, 5.74) is 2.07. The molecule has 0 radical (unpaired) electrons. The molecule has 0 fully saturated rings. The predicted octanol–water partition coefficient (Wildman–Crippen LogP) is 4.03. The van der Waals surface area contributed by atoms with E-state index in [9.17, 15) is 9.59 Å². The van der Waals surface area contributed by atoms with Gasteiger partial charge in [-0.3, -0.25) is 14.6 Å². The Morgan fingerprint density at radius 3 is 2.78 bits per heavy atom. The standard InChI is InChI=1S/C21H21N3O2S/c25-20(10-2-8-19-9-4-12-27-19)24-18-7-1-6-17(13-18)21(26)23-15-16-5-3-11-22-14-16/h1,3-7,9,11-14H,2,8,10,15H2,(H,23,26)(H,24,25). The zero-order valence-electron chi connectivity index (χ0n) is 14.9. The average molecular weight is 379 g/mol. The summed E-state index contributed by atoms with van der Waals surface area (Å²) >= 11 is 1.71. The van der Waals surface area contributed by atoms with Crippen LogP contribution < -0.4 is 10.6 Å². The summed E-state index contributed by atoms with van der Waals surface area (Å²) in [5, 5.41) is 7.76. The zero-order chi connectivity index (χ0) is 18.9. The molecule has 5 nitrogen and oxygen atoms in total. The summed E-state index contributed by atoms with van der Waals surface area (Å²) in [6, 6.07) is 14.8. The van der Waals surface area contributed by atoms with Crippen molar-refractivity contribution >= 4 is 28.8 Å². The van der Waals surface area contributed by atoms with Crippen molar-refractivity contribution in [2.24, 2.45) is 0 Å². The van der Waals surface area contributed by atoms with Crippen LogP contribution in [0.15, 0.2) is 66.3 Å². The van der Waals surface area contributed by atoms with Gasteiger partial charge in [-0.25, -0.2) is 0 Å². The Labute approximate surface area is 162 Å². The van der Waals surface area contributed by atoms with Gasteiger partial charge < -0.3 is 10.6 Å². The summed E-state index contributed by atoms with van der Waals surface area (Å²) < 4.78 is 0. The lowest BCUT2D eigenvalue weighted by molar-refractivity contribution is -0.116. The SMILES string of the molecule is O=C(CCCc1cccs1)Nc1cccc(C(=O)NCc2cccnc2)c1. The van der Waals surface area contributed by atoms with E-state index in [0.717, 1.165) is 18.4 Å². The molecule has 1 aromatic carbocycles. The number of pyridine rings is 1. The first-order valence-corrected chi connectivity index (χ1v) is 9.68. The lowest BCUT2D eigenvalue weighted by Gasteiger charge is -2.08. The fraction of sp³-hybridized carbons (Fsp3) is 0.190. The molecule has 0 atom stereocenters. The summed E-state index contributed by atoms with van der Waals surface area (Å²) in [6.07, 6.45) is 5.57. The molecule has 3 rings (SSSR count). The minimum absolute atomic E-state index is 0.0422. The van der Waals surface area contributed by atoms with Crippen molar-refractivity contribution in [2.75, 3.05) is 5.32 Å². The van der Waals surface area contributed by atoms with Gasteiger partial charge in [-0.1, -0.05) is 18.2 Å². The van der Waals surface area contributed by atoms with E-state index in [1.54, 1.807) is 48.0 Å². The van der Waals surface area contributed by atoms with E-state index in [2.05, 4.69) is 21.7 Å². The number of hydrogen-bond donors (Lipinski definition) is 2. The lowest BCUT2D eigenvalue weighted by atomic mass is 10.1. The second-order valence-corrected chi connectivity index (χ2v) is 7.14. The van der Waals surface area contributed by atoms with Gasteiger partial charge in [0.05, 0.1) is 0 Å². The van der Waals surface area contributed by atoms with E-state index < -0.39 is 0 Å². The number of thiophene rings is 1. The van der Waals surface area contributed by atoms with E-state index in [0.29, 0.717) is 24.2 Å². The van der Waals surface area contributed by atoms with Crippen molar-refractivity contribution in [2.45, 2.75) is 25.8 Å². The maximum Gasteiger partial charge on any atom is 0.251 e. The Morgan fingerprint density at radius 1 is 1.07 bits per heavy atom. The third kappa shape index (κ3) is 6.04. The second kappa shape index (κ2) is 9.64. The van der Waals surface area contributed by atoms with Crippen LogP contribution in [0.4, 0.5) is 5.69 Å². The molecule has 6 heteroatoms. The first kappa shape index (κ1) is 18.8. The Bertz CT molecular complexity index is 879. The van der Waals surface area contributed by atoms with Gasteiger partial charge in [0.2, 0.25) is 5.91 Å². The van der Waals surface area contributed by atoms with Crippen LogP contribution in [-0.4, -0.2) is 16.8 Å². The number of rotatable bonds is 8. The number of carbonyl (C=O) groups is 2. The van der Waals surface area contributed by atoms with Crippen LogP contribution in [0.2, 0.25) is 0 Å². The largest absolute Gasteiger partial charge is 0.348 e. The molecule has 2 amide bonds. The topological polar surface area (TPSA) is 71.1 Å². The molecule has 0 saturated heterocycles. The number of nitrogens with zero attached hydrogens (tertiary/aromatic N) is 1. The van der Waals surface area contributed by atoms with Gasteiger partial charge in [-0.05, 0) is 54.1 Å². The quantitative estimate of drug-likeness (QED) is 0.621. The highest BCUT2D eigenvalue weighted by atomic mass is 32.1. The van der Waals surface area contributed by atoms with Crippen LogP contribution in [0.3, 0.4) is 0 Å². The number of anilines is 1. The van der Waals surface area contributed by atoms with Crippen LogP contribution in [0.25, 0.3) is 0 Å². The van der Waals surface area contributed by atoms with Gasteiger partial charge >= 0.3 is 0 Å². The van der Waals surface area contributed by atoms with E-state index in [1.807, 2.05) is 23.6 Å². The zero-order valence-corrected chi connectivity index (χ0v) is 15.7. The molecule has 0 bridgehead atoms. The van der Waals surface area contributed by atoms with Crippen molar-refractivity contribution in [3.05, 3.63) is 82.3 Å². The third-order valence-corrected chi connectivity index (χ3v) is 4.93. The van der Waals surface area contributed by atoms with E-state index in [4.69, 9.17) is 0 Å². The summed E-state index contributed by atoms with van der Waals surface area (Å²) in [4.78, 5) is 29.7. The molecule has 0 spiro atoms. The van der Waals surface area contributed by atoms with E-state index in [1.165, 1.54) is 4.88 Å². The normalized spacial score (nSPS) is 10.4. The summed E-state index contributed by atoms with van der Waals surface area (Å²) in [7, 11) is 0. The maximum atomic E-state index is 12.3. The molecule has 0 saturated carbocycles. The maximum absolute atomic E-state index is 12.3. The van der Waals surface area contributed by atoms with Gasteiger partial charge in [0, 0.05) is 41.5 Å². The van der Waals surface area contributed by atoms with Gasteiger partial charge in [-0.2, -0.15) is 0 Å². The monoisotopic (exact) mass is 379 g/mol. The highest BCUT2D eigenvalue weighted by Gasteiger charge is 2.08. The fourth-order valence-electron chi connectivity index (χ4n) is 2.63. The Hall–Kier alpha value is -2.99. The predicted molar refractivity (Wildman–Crippen MR) is 108 cm³/mol. The third-order valence-electron chi connectivity index (χ3n) is 3.99. The number of hydrogen-bond acceptors (Lipinski definition) is 4. The molecule has 3 aromatic rings. The molecule has 0 unspecified atom stereocenters. The molecule has 2 aromatic heterocycles. The molecule has 2 heterocycles. The summed E-state index contributed by atoms with van der Waals surface area (Å²) in [6.45, 7) is 0.409. The van der Waals surface area contributed by atoms with Crippen molar-refractivity contribution in [3.8, 4) is 0 Å². The van der Waals surface area contributed by atoms with E-state index in [-0.39, 0.29) is 11.8 Å². The number of benzene rings is 1.